The van der Waals surface area contributed by atoms with Crippen LogP contribution in [0.1, 0.15) is 0 Å². The number of ether oxygens (including phenoxy) is 4. The van der Waals surface area contributed by atoms with Gasteiger partial charge in [0.05, 0.1) is 7.11 Å². The predicted octanol–water partition coefficient (Wildman–Crippen LogP) is -1.51. The average molecular weight is 208 g/mol. The van der Waals surface area contributed by atoms with E-state index >= 15 is 0 Å². The Morgan fingerprint density at radius 1 is 1.23 bits per heavy atom. The van der Waals surface area contributed by atoms with Gasteiger partial charge in [0.2, 0.25) is 0 Å². The fraction of sp³-hybridized carbons (Fsp3) is 0.857. The van der Waals surface area contributed by atoms with Gasteiger partial charge < -0.3 is 18.9 Å². The summed E-state index contributed by atoms with van der Waals surface area (Å²) in [4.78, 5) is 11.4. The molecule has 0 aliphatic carbocycles. The summed E-state index contributed by atoms with van der Waals surface area (Å²) in [5.74, 6) is -2.00. The van der Waals surface area contributed by atoms with Gasteiger partial charge >= 0.3 is 5.97 Å². The third kappa shape index (κ3) is 2.28. The molecule has 0 radical (unpaired) electrons. The van der Waals surface area contributed by atoms with E-state index < -0.39 is 17.5 Å². The van der Waals surface area contributed by atoms with Crippen molar-refractivity contribution in [2.24, 2.45) is 0 Å². The molecule has 1 atom stereocenters. The van der Waals surface area contributed by atoms with Crippen LogP contribution in [0.2, 0.25) is 0 Å². The van der Waals surface area contributed by atoms with E-state index in [1.54, 1.807) is 0 Å². The van der Waals surface area contributed by atoms with Crippen LogP contribution in [0.15, 0.2) is 0 Å². The molecule has 0 saturated carbocycles. The Morgan fingerprint density at radius 2 is 1.69 bits per heavy atom. The molecule has 0 N–H and O–H groups in total. The normalized spacial score (nSPS) is 14.2. The summed E-state index contributed by atoms with van der Waals surface area (Å²) < 4.78 is 19.6. The maximum atomic E-state index is 11.4. The highest BCUT2D eigenvalue weighted by Gasteiger charge is 2.46. The van der Waals surface area contributed by atoms with Gasteiger partial charge in [0.15, 0.2) is 0 Å². The molecule has 0 rings (SSSR count). The molecule has 0 heterocycles. The highest BCUT2D eigenvalue weighted by molar-refractivity contribution is 6.14. The first-order valence-corrected chi connectivity index (χ1v) is 4.96. The molecule has 0 aliphatic rings. The minimum Gasteiger partial charge on any atom is -0.465 e. The van der Waals surface area contributed by atoms with E-state index in [4.69, 9.17) is 14.2 Å². The highest BCUT2D eigenvalue weighted by Crippen LogP contribution is 2.18. The van der Waals surface area contributed by atoms with E-state index in [2.05, 4.69) is 4.74 Å². The van der Waals surface area contributed by atoms with Crippen molar-refractivity contribution >= 4 is 16.2 Å². The molecule has 0 spiro atoms. The summed E-state index contributed by atoms with van der Waals surface area (Å²) in [6.07, 6.45) is 0. The zero-order valence-corrected chi connectivity index (χ0v) is 10.6. The lowest BCUT2D eigenvalue weighted by Crippen LogP contribution is -2.54. The minimum atomic E-state index is -1.42. The van der Waals surface area contributed by atoms with Crippen LogP contribution < -0.4 is 0 Å². The standard InChI is InChI=1S/C7H16O5Si/c1-9-5(8)7(11-3,12-4)6(13)10-2/h6H,1-4,13H3. The zero-order chi connectivity index (χ0) is 10.5. The number of carbonyl (C=O) groups excluding carboxylic acids is 1. The van der Waals surface area contributed by atoms with Gasteiger partial charge in [-0.25, -0.2) is 4.79 Å². The van der Waals surface area contributed by atoms with Crippen molar-refractivity contribution in [3.05, 3.63) is 0 Å². The summed E-state index contributed by atoms with van der Waals surface area (Å²) in [6, 6.07) is 0. The van der Waals surface area contributed by atoms with Gasteiger partial charge in [0.1, 0.15) is 5.73 Å². The van der Waals surface area contributed by atoms with Crippen molar-refractivity contribution in [2.45, 2.75) is 11.5 Å². The summed E-state index contributed by atoms with van der Waals surface area (Å²) in [5.41, 5.74) is -0.407. The van der Waals surface area contributed by atoms with Crippen LogP contribution in [0.5, 0.6) is 0 Å². The first-order chi connectivity index (χ1) is 6.08. The van der Waals surface area contributed by atoms with Gasteiger partial charge in [0.25, 0.3) is 5.79 Å². The number of rotatable bonds is 5. The monoisotopic (exact) mass is 208 g/mol. The summed E-state index contributed by atoms with van der Waals surface area (Å²) in [6.45, 7) is 0. The van der Waals surface area contributed by atoms with Crippen LogP contribution in [0.4, 0.5) is 0 Å². The molecule has 0 aromatic rings. The van der Waals surface area contributed by atoms with E-state index in [-0.39, 0.29) is 0 Å². The van der Waals surface area contributed by atoms with Crippen molar-refractivity contribution in [2.75, 3.05) is 28.4 Å². The van der Waals surface area contributed by atoms with Gasteiger partial charge in [-0.2, -0.15) is 0 Å². The topological polar surface area (TPSA) is 54.0 Å². The Bertz CT molecular complexity index is 168. The smallest absolute Gasteiger partial charge is 0.369 e. The Labute approximate surface area is 80.7 Å². The van der Waals surface area contributed by atoms with E-state index in [9.17, 15) is 4.79 Å². The van der Waals surface area contributed by atoms with Gasteiger partial charge in [-0.1, -0.05) is 0 Å². The largest absolute Gasteiger partial charge is 0.465 e. The van der Waals surface area contributed by atoms with Crippen LogP contribution in [-0.4, -0.2) is 56.2 Å². The molecule has 1 unspecified atom stereocenters. The minimum absolute atomic E-state index is 0.407. The lowest BCUT2D eigenvalue weighted by atomic mass is 10.3. The molecule has 6 heteroatoms. The molecule has 78 valence electrons. The van der Waals surface area contributed by atoms with Crippen LogP contribution in [0, 0.1) is 0 Å². The second kappa shape index (κ2) is 5.33. The molecule has 0 aromatic heterocycles. The summed E-state index contributed by atoms with van der Waals surface area (Å²) in [5, 5.41) is 0. The van der Waals surface area contributed by atoms with Gasteiger partial charge in [-0.3, -0.25) is 0 Å². The molecule has 0 aromatic carbocycles. The second-order valence-electron chi connectivity index (χ2n) is 2.45. The SMILES string of the molecule is COC(=O)C(OC)(OC)C([SiH3])OC. The zero-order valence-electron chi connectivity index (χ0n) is 8.62. The fourth-order valence-corrected chi connectivity index (χ4v) is 1.75. The molecule has 0 amide bonds. The number of hydrogen-bond donors (Lipinski definition) is 0. The lowest BCUT2D eigenvalue weighted by Gasteiger charge is -2.32. The Hall–Kier alpha value is -0.433. The molecule has 5 nitrogen and oxygen atoms in total. The van der Waals surface area contributed by atoms with E-state index in [0.717, 1.165) is 0 Å². The highest BCUT2D eigenvalue weighted by atomic mass is 28.1. The summed E-state index contributed by atoms with van der Waals surface area (Å²) >= 11 is 0. The Kier molecular flexibility index (Phi) is 5.15. The average Bonchev–Trinajstić information content (AvgIpc) is 2.19. The number of methoxy groups -OCH3 is 4. The first-order valence-electron chi connectivity index (χ1n) is 3.80. The van der Waals surface area contributed by atoms with E-state index in [1.165, 1.54) is 28.4 Å². The van der Waals surface area contributed by atoms with Gasteiger partial charge in [0, 0.05) is 31.6 Å². The van der Waals surface area contributed by atoms with Crippen LogP contribution in [0.3, 0.4) is 0 Å². The second-order valence-corrected chi connectivity index (χ2v) is 3.49. The van der Waals surface area contributed by atoms with Crippen LogP contribution in [-0.2, 0) is 23.7 Å². The first kappa shape index (κ1) is 12.6. The van der Waals surface area contributed by atoms with Crippen LogP contribution >= 0.6 is 0 Å². The van der Waals surface area contributed by atoms with Crippen molar-refractivity contribution in [1.82, 2.24) is 0 Å². The number of esters is 1. The van der Waals surface area contributed by atoms with Crippen molar-refractivity contribution in [3.8, 4) is 0 Å². The third-order valence-electron chi connectivity index (χ3n) is 1.97. The third-order valence-corrected chi connectivity index (χ3v) is 3.20. The summed E-state index contributed by atoms with van der Waals surface area (Å²) in [7, 11) is 6.12. The quantitative estimate of drug-likeness (QED) is 0.312. The molecule has 0 saturated heterocycles. The van der Waals surface area contributed by atoms with Gasteiger partial charge in [-0.15, -0.1) is 0 Å². The van der Waals surface area contributed by atoms with E-state index in [1.807, 2.05) is 0 Å². The molecule has 13 heavy (non-hydrogen) atoms. The Balaban J connectivity index is 4.78. The van der Waals surface area contributed by atoms with Crippen molar-refractivity contribution in [3.63, 3.8) is 0 Å². The maximum Gasteiger partial charge on any atom is 0.369 e. The van der Waals surface area contributed by atoms with Crippen LogP contribution in [0.25, 0.3) is 0 Å². The van der Waals surface area contributed by atoms with Gasteiger partial charge in [-0.05, 0) is 0 Å². The number of carbonyl (C=O) groups is 1. The lowest BCUT2D eigenvalue weighted by molar-refractivity contribution is -0.251. The predicted molar refractivity (Wildman–Crippen MR) is 49.5 cm³/mol. The molecular formula is C7H16O5Si. The van der Waals surface area contributed by atoms with E-state index in [0.29, 0.717) is 10.2 Å². The molecule has 0 bridgehead atoms. The number of hydrogen-bond acceptors (Lipinski definition) is 5. The van der Waals surface area contributed by atoms with Crippen molar-refractivity contribution < 1.29 is 23.7 Å². The molecule has 0 fully saturated rings. The maximum absolute atomic E-state index is 11.4. The molecular weight excluding hydrogens is 192 g/mol. The van der Waals surface area contributed by atoms with Crippen molar-refractivity contribution in [1.29, 1.82) is 0 Å². The fourth-order valence-electron chi connectivity index (χ4n) is 1.05. The Morgan fingerprint density at radius 3 is 1.92 bits per heavy atom. The molecule has 0 aliphatic heterocycles.